The van der Waals surface area contributed by atoms with E-state index in [1.165, 1.54) is 0 Å². The number of aliphatic hydroxyl groups is 1. The van der Waals surface area contributed by atoms with E-state index in [1.54, 1.807) is 7.11 Å². The Kier molecular flexibility index (Phi) is 3.73. The quantitative estimate of drug-likeness (QED) is 0.719. The zero-order chi connectivity index (χ0) is 14.8. The first kappa shape index (κ1) is 13.8. The monoisotopic (exact) mass is 297 g/mol. The van der Waals surface area contributed by atoms with Crippen molar-refractivity contribution in [1.82, 2.24) is 4.98 Å². The molecule has 0 amide bonds. The second-order valence-electron chi connectivity index (χ2n) is 4.82. The normalized spacial score (nSPS) is 12.3. The Hall–Kier alpha value is -2.17. The summed E-state index contributed by atoms with van der Waals surface area (Å²) >= 11 is 5.37. The average Bonchev–Trinajstić information content (AvgIpc) is 2.54. The molecule has 1 heterocycles. The Balaban J connectivity index is 2.14. The fourth-order valence-electron chi connectivity index (χ4n) is 2.35. The highest BCUT2D eigenvalue weighted by Crippen LogP contribution is 2.27. The highest BCUT2D eigenvalue weighted by atomic mass is 32.1. The zero-order valence-corrected chi connectivity index (χ0v) is 12.4. The number of aromatic amines is 1. The number of rotatable bonds is 3. The number of aromatic nitrogens is 1. The van der Waals surface area contributed by atoms with Crippen LogP contribution in [0.15, 0.2) is 54.6 Å². The fraction of sp³-hybridized carbons (Fsp3) is 0.118. The van der Waals surface area contributed by atoms with Crippen LogP contribution < -0.4 is 4.74 Å². The topological polar surface area (TPSA) is 45.2 Å². The number of ether oxygens (including phenoxy) is 1. The number of fused-ring (bicyclic) bond motifs is 1. The van der Waals surface area contributed by atoms with Gasteiger partial charge in [-0.3, -0.25) is 0 Å². The molecule has 0 saturated heterocycles. The molecule has 2 N–H and O–H groups in total. The van der Waals surface area contributed by atoms with Gasteiger partial charge in [0.05, 0.1) is 7.11 Å². The summed E-state index contributed by atoms with van der Waals surface area (Å²) in [6.07, 6.45) is -0.745. The zero-order valence-electron chi connectivity index (χ0n) is 11.5. The summed E-state index contributed by atoms with van der Waals surface area (Å²) in [5.41, 5.74) is 2.43. The molecule has 21 heavy (non-hydrogen) atoms. The molecule has 0 spiro atoms. The fourth-order valence-corrected chi connectivity index (χ4v) is 2.63. The van der Waals surface area contributed by atoms with Crippen molar-refractivity contribution in [1.29, 1.82) is 0 Å². The third kappa shape index (κ3) is 2.68. The van der Waals surface area contributed by atoms with E-state index >= 15 is 0 Å². The van der Waals surface area contributed by atoms with Crippen molar-refractivity contribution in [2.75, 3.05) is 7.11 Å². The summed E-state index contributed by atoms with van der Waals surface area (Å²) < 4.78 is 5.78. The van der Waals surface area contributed by atoms with Crippen LogP contribution in [-0.2, 0) is 0 Å². The number of H-pyrrole nitrogens is 1. The number of methoxy groups -OCH3 is 1. The van der Waals surface area contributed by atoms with E-state index in [0.29, 0.717) is 10.2 Å². The molecule has 3 rings (SSSR count). The van der Waals surface area contributed by atoms with Gasteiger partial charge in [0, 0.05) is 16.5 Å². The summed E-state index contributed by atoms with van der Waals surface area (Å²) in [6.45, 7) is 0. The number of pyridine rings is 1. The van der Waals surface area contributed by atoms with Crippen LogP contribution in [0.2, 0.25) is 0 Å². The van der Waals surface area contributed by atoms with Gasteiger partial charge in [-0.05, 0) is 29.8 Å². The smallest absolute Gasteiger partial charge is 0.119 e. The third-order valence-corrected chi connectivity index (χ3v) is 3.83. The molecule has 1 unspecified atom stereocenters. The number of aliphatic hydroxyl groups excluding tert-OH is 1. The molecule has 1 atom stereocenters. The molecule has 0 fully saturated rings. The van der Waals surface area contributed by atoms with Gasteiger partial charge in [0.1, 0.15) is 16.5 Å². The maximum Gasteiger partial charge on any atom is 0.119 e. The van der Waals surface area contributed by atoms with E-state index in [2.05, 4.69) is 4.98 Å². The molecule has 1 aromatic heterocycles. The number of hydrogen-bond acceptors (Lipinski definition) is 3. The van der Waals surface area contributed by atoms with Gasteiger partial charge in [0.15, 0.2) is 0 Å². The van der Waals surface area contributed by atoms with Crippen molar-refractivity contribution in [3.63, 3.8) is 0 Å². The number of hydrogen-bond donors (Lipinski definition) is 2. The molecule has 106 valence electrons. The van der Waals surface area contributed by atoms with E-state index < -0.39 is 6.10 Å². The minimum atomic E-state index is -0.745. The van der Waals surface area contributed by atoms with Crippen LogP contribution >= 0.6 is 12.2 Å². The van der Waals surface area contributed by atoms with Crippen molar-refractivity contribution in [2.24, 2.45) is 0 Å². The lowest BCUT2D eigenvalue weighted by atomic mass is 10.0. The van der Waals surface area contributed by atoms with E-state index in [9.17, 15) is 5.11 Å². The SMILES string of the molecule is COc1ccc2[nH]c(=S)c(C(O)c3ccccc3)cc2c1. The number of benzene rings is 2. The third-order valence-electron chi connectivity index (χ3n) is 3.49. The second kappa shape index (κ2) is 5.68. The molecule has 0 aliphatic carbocycles. The van der Waals surface area contributed by atoms with Crippen LogP contribution in [0.4, 0.5) is 0 Å². The Morgan fingerprint density at radius 2 is 1.86 bits per heavy atom. The summed E-state index contributed by atoms with van der Waals surface area (Å²) in [5, 5.41) is 11.5. The lowest BCUT2D eigenvalue weighted by Gasteiger charge is -2.13. The maximum absolute atomic E-state index is 10.5. The summed E-state index contributed by atoms with van der Waals surface area (Å²) in [7, 11) is 1.63. The van der Waals surface area contributed by atoms with E-state index in [4.69, 9.17) is 17.0 Å². The van der Waals surface area contributed by atoms with Gasteiger partial charge in [0.25, 0.3) is 0 Å². The molecule has 0 bridgehead atoms. The van der Waals surface area contributed by atoms with Crippen LogP contribution in [0.5, 0.6) is 5.75 Å². The second-order valence-corrected chi connectivity index (χ2v) is 5.23. The first-order chi connectivity index (χ1) is 10.2. The van der Waals surface area contributed by atoms with Crippen LogP contribution in [0.3, 0.4) is 0 Å². The first-order valence-electron chi connectivity index (χ1n) is 6.63. The standard InChI is InChI=1S/C17H15NO2S/c1-20-13-7-8-15-12(9-13)10-14(17(21)18-15)16(19)11-5-3-2-4-6-11/h2-10,16,19H,1H3,(H,18,21). The minimum absolute atomic E-state index is 0.545. The lowest BCUT2D eigenvalue weighted by Crippen LogP contribution is -2.01. The number of nitrogens with one attached hydrogen (secondary N) is 1. The summed E-state index contributed by atoms with van der Waals surface area (Å²) in [6, 6.07) is 17.1. The van der Waals surface area contributed by atoms with E-state index in [-0.39, 0.29) is 0 Å². The predicted molar refractivity (Wildman–Crippen MR) is 86.2 cm³/mol. The van der Waals surface area contributed by atoms with Crippen molar-refractivity contribution in [3.05, 3.63) is 70.4 Å². The van der Waals surface area contributed by atoms with Crippen molar-refractivity contribution in [2.45, 2.75) is 6.10 Å². The lowest BCUT2D eigenvalue weighted by molar-refractivity contribution is 0.219. The van der Waals surface area contributed by atoms with E-state index in [0.717, 1.165) is 22.2 Å². The molecule has 3 aromatic rings. The van der Waals surface area contributed by atoms with Crippen molar-refractivity contribution < 1.29 is 9.84 Å². The average molecular weight is 297 g/mol. The van der Waals surface area contributed by atoms with Gasteiger partial charge in [-0.1, -0.05) is 42.5 Å². The van der Waals surface area contributed by atoms with Crippen molar-refractivity contribution in [3.8, 4) is 5.75 Å². The van der Waals surface area contributed by atoms with Gasteiger partial charge < -0.3 is 14.8 Å². The first-order valence-corrected chi connectivity index (χ1v) is 7.04. The van der Waals surface area contributed by atoms with Gasteiger partial charge in [-0.2, -0.15) is 0 Å². The molecule has 3 nitrogen and oxygen atoms in total. The van der Waals surface area contributed by atoms with E-state index in [1.807, 2.05) is 54.6 Å². The molecule has 0 saturated carbocycles. The molecule has 0 aliphatic rings. The van der Waals surface area contributed by atoms with Gasteiger partial charge in [0.2, 0.25) is 0 Å². The van der Waals surface area contributed by atoms with Gasteiger partial charge >= 0.3 is 0 Å². The highest BCUT2D eigenvalue weighted by molar-refractivity contribution is 7.71. The Morgan fingerprint density at radius 3 is 2.57 bits per heavy atom. The minimum Gasteiger partial charge on any atom is -0.497 e. The van der Waals surface area contributed by atoms with Gasteiger partial charge in [-0.25, -0.2) is 0 Å². The highest BCUT2D eigenvalue weighted by Gasteiger charge is 2.13. The van der Waals surface area contributed by atoms with Crippen molar-refractivity contribution >= 4 is 23.1 Å². The molecule has 4 heteroatoms. The largest absolute Gasteiger partial charge is 0.497 e. The van der Waals surface area contributed by atoms with Crippen LogP contribution in [0.1, 0.15) is 17.2 Å². The Bertz CT molecular complexity index is 827. The van der Waals surface area contributed by atoms with Crippen LogP contribution in [0.25, 0.3) is 10.9 Å². The molecular formula is C17H15NO2S. The summed E-state index contributed by atoms with van der Waals surface area (Å²) in [5.74, 6) is 0.771. The van der Waals surface area contributed by atoms with Crippen LogP contribution in [0, 0.1) is 4.64 Å². The molecule has 2 aromatic carbocycles. The predicted octanol–water partition coefficient (Wildman–Crippen LogP) is 3.99. The van der Waals surface area contributed by atoms with Crippen LogP contribution in [-0.4, -0.2) is 17.2 Å². The van der Waals surface area contributed by atoms with Gasteiger partial charge in [-0.15, -0.1) is 0 Å². The Morgan fingerprint density at radius 1 is 1.10 bits per heavy atom. The molecule has 0 radical (unpaired) electrons. The Labute approximate surface area is 127 Å². The molecular weight excluding hydrogens is 282 g/mol. The maximum atomic E-state index is 10.5. The molecule has 0 aliphatic heterocycles. The summed E-state index contributed by atoms with van der Waals surface area (Å²) in [4.78, 5) is 3.16.